The van der Waals surface area contributed by atoms with Crippen LogP contribution in [0.25, 0.3) is 22.0 Å². The molecule has 0 radical (unpaired) electrons. The molecule has 0 saturated carbocycles. The van der Waals surface area contributed by atoms with Gasteiger partial charge in [0, 0.05) is 38.4 Å². The molecule has 1 aromatic heterocycles. The van der Waals surface area contributed by atoms with Crippen molar-refractivity contribution in [2.45, 2.75) is 18.9 Å². The maximum Gasteiger partial charge on any atom is 0.416 e. The van der Waals surface area contributed by atoms with Crippen LogP contribution in [0.15, 0.2) is 66.9 Å². The number of nitrogens with zero attached hydrogens (tertiary/aromatic N) is 4. The molecule has 12 heteroatoms. The summed E-state index contributed by atoms with van der Waals surface area (Å²) in [6, 6.07) is 14.3. The highest BCUT2D eigenvalue weighted by Crippen LogP contribution is 2.37. The van der Waals surface area contributed by atoms with Gasteiger partial charge in [-0.2, -0.15) is 26.3 Å². The van der Waals surface area contributed by atoms with E-state index in [4.69, 9.17) is 9.72 Å². The van der Waals surface area contributed by atoms with Gasteiger partial charge in [0.1, 0.15) is 0 Å². The van der Waals surface area contributed by atoms with Crippen LogP contribution < -0.4 is 4.90 Å². The minimum absolute atomic E-state index is 0.0577. The smallest absolute Gasteiger partial charge is 0.378 e. The molecule has 1 aliphatic heterocycles. The lowest BCUT2D eigenvalue weighted by atomic mass is 9.99. The summed E-state index contributed by atoms with van der Waals surface area (Å²) in [5, 5.41) is 1.71. The Balaban J connectivity index is 1.56. The lowest BCUT2D eigenvalue weighted by Gasteiger charge is -2.27. The molecule has 5 rings (SSSR count). The van der Waals surface area contributed by atoms with Crippen molar-refractivity contribution in [3.63, 3.8) is 0 Å². The highest BCUT2D eigenvalue weighted by atomic mass is 19.4. The van der Waals surface area contributed by atoms with Crippen molar-refractivity contribution in [1.82, 2.24) is 14.9 Å². The fourth-order valence-corrected chi connectivity index (χ4v) is 4.74. The second kappa shape index (κ2) is 11.0. The number of carbonyl (C=O) groups excluding carboxylic acids is 1. The molecule has 6 nitrogen and oxygen atoms in total. The molecule has 0 aliphatic carbocycles. The average molecular weight is 575 g/mol. The largest absolute Gasteiger partial charge is 0.416 e. The number of rotatable bonds is 5. The Morgan fingerprint density at radius 1 is 0.927 bits per heavy atom. The number of fused-ring (bicyclic) bond motifs is 1. The van der Waals surface area contributed by atoms with Gasteiger partial charge in [-0.25, -0.2) is 9.97 Å². The third-order valence-electron chi connectivity index (χ3n) is 6.76. The van der Waals surface area contributed by atoms with E-state index in [2.05, 4.69) is 4.98 Å². The van der Waals surface area contributed by atoms with E-state index in [9.17, 15) is 31.1 Å². The molecule has 1 aliphatic rings. The Bertz CT molecular complexity index is 1540. The first-order chi connectivity index (χ1) is 19.4. The lowest BCUT2D eigenvalue weighted by molar-refractivity contribution is -0.143. The SMILES string of the molecule is CN(Cc1cc(C(F)(F)F)cc(C(F)(F)F)c1)C(=O)c1cnc(N2CCOCC2)nc1-c1cccc2ccccc12. The van der Waals surface area contributed by atoms with Crippen LogP contribution in [0.2, 0.25) is 0 Å². The van der Waals surface area contributed by atoms with E-state index in [1.807, 2.05) is 41.3 Å². The monoisotopic (exact) mass is 574 g/mol. The molecule has 0 atom stereocenters. The normalized spacial score (nSPS) is 14.4. The van der Waals surface area contributed by atoms with Crippen LogP contribution in [-0.2, 0) is 23.6 Å². The predicted molar refractivity (Wildman–Crippen MR) is 140 cm³/mol. The molecule has 214 valence electrons. The van der Waals surface area contributed by atoms with Crippen molar-refractivity contribution in [2.24, 2.45) is 0 Å². The Morgan fingerprint density at radius 3 is 2.22 bits per heavy atom. The zero-order valence-electron chi connectivity index (χ0n) is 21.8. The van der Waals surface area contributed by atoms with Crippen molar-refractivity contribution in [3.8, 4) is 11.3 Å². The zero-order chi connectivity index (χ0) is 29.4. The highest BCUT2D eigenvalue weighted by molar-refractivity contribution is 6.04. The van der Waals surface area contributed by atoms with Crippen LogP contribution in [-0.4, -0.2) is 54.1 Å². The number of amides is 1. The van der Waals surface area contributed by atoms with Crippen molar-refractivity contribution in [1.29, 1.82) is 0 Å². The van der Waals surface area contributed by atoms with Crippen LogP contribution in [0.4, 0.5) is 32.3 Å². The summed E-state index contributed by atoms with van der Waals surface area (Å²) in [4.78, 5) is 25.8. The van der Waals surface area contributed by atoms with Gasteiger partial charge in [0.2, 0.25) is 5.95 Å². The first kappa shape index (κ1) is 28.3. The summed E-state index contributed by atoms with van der Waals surface area (Å²) in [5.41, 5.74) is -2.22. The van der Waals surface area contributed by atoms with Crippen LogP contribution in [0.1, 0.15) is 27.0 Å². The van der Waals surface area contributed by atoms with Gasteiger partial charge in [0.15, 0.2) is 0 Å². The molecule has 4 aromatic rings. The number of aromatic nitrogens is 2. The van der Waals surface area contributed by atoms with Gasteiger partial charge in [-0.1, -0.05) is 42.5 Å². The van der Waals surface area contributed by atoms with Gasteiger partial charge < -0.3 is 14.5 Å². The first-order valence-electron chi connectivity index (χ1n) is 12.6. The summed E-state index contributed by atoms with van der Waals surface area (Å²) in [6.07, 6.45) is -8.65. The molecule has 0 N–H and O–H groups in total. The van der Waals surface area contributed by atoms with Crippen LogP contribution in [0.5, 0.6) is 0 Å². The topological polar surface area (TPSA) is 58.6 Å². The number of carbonyl (C=O) groups is 1. The Morgan fingerprint density at radius 2 is 1.56 bits per heavy atom. The predicted octanol–water partition coefficient (Wildman–Crippen LogP) is 6.44. The number of anilines is 1. The van der Waals surface area contributed by atoms with Crippen LogP contribution in [0.3, 0.4) is 0 Å². The molecule has 0 unspecified atom stereocenters. The Kier molecular flexibility index (Phi) is 7.60. The van der Waals surface area contributed by atoms with Gasteiger partial charge in [-0.15, -0.1) is 0 Å². The van der Waals surface area contributed by atoms with Gasteiger partial charge >= 0.3 is 12.4 Å². The number of alkyl halides is 6. The Hall–Kier alpha value is -4.19. The molecule has 0 bridgehead atoms. The van der Waals surface area contributed by atoms with Crippen molar-refractivity contribution >= 4 is 22.6 Å². The molecule has 0 spiro atoms. The maximum atomic E-state index is 13.7. The fourth-order valence-electron chi connectivity index (χ4n) is 4.74. The van der Waals surface area contributed by atoms with Crippen LogP contribution >= 0.6 is 0 Å². The van der Waals surface area contributed by atoms with Gasteiger partial charge in [-0.05, 0) is 34.5 Å². The molecular weight excluding hydrogens is 550 g/mol. The van der Waals surface area contributed by atoms with E-state index >= 15 is 0 Å². The third kappa shape index (κ3) is 6.12. The highest BCUT2D eigenvalue weighted by Gasteiger charge is 2.37. The summed E-state index contributed by atoms with van der Waals surface area (Å²) in [6.45, 7) is 1.53. The van der Waals surface area contributed by atoms with E-state index in [1.54, 1.807) is 6.07 Å². The molecular formula is C29H24F6N4O2. The standard InChI is InChI=1S/C29H24F6N4O2/c1-38(17-18-13-20(28(30,31)32)15-21(14-18)29(33,34)35)26(40)24-16-36-27(39-9-11-41-12-10-39)37-25(24)23-8-4-6-19-5-2-3-7-22(19)23/h2-8,13-16H,9-12,17H2,1H3. The minimum Gasteiger partial charge on any atom is -0.378 e. The number of halogens is 6. The quantitative estimate of drug-likeness (QED) is 0.257. The van der Waals surface area contributed by atoms with Crippen molar-refractivity contribution in [3.05, 3.63) is 89.1 Å². The third-order valence-corrected chi connectivity index (χ3v) is 6.76. The maximum absolute atomic E-state index is 13.7. The molecule has 3 aromatic carbocycles. The number of benzene rings is 3. The summed E-state index contributed by atoms with van der Waals surface area (Å²) < 4.78 is 85.7. The summed E-state index contributed by atoms with van der Waals surface area (Å²) >= 11 is 0. The molecule has 41 heavy (non-hydrogen) atoms. The van der Waals surface area contributed by atoms with Crippen LogP contribution in [0, 0.1) is 0 Å². The summed E-state index contributed by atoms with van der Waals surface area (Å²) in [5.74, 6) is -0.282. The van der Waals surface area contributed by atoms with E-state index in [-0.39, 0.29) is 17.2 Å². The Labute approximate surface area is 231 Å². The second-order valence-electron chi connectivity index (χ2n) is 9.63. The number of hydrogen-bond acceptors (Lipinski definition) is 5. The van der Waals surface area contributed by atoms with Crippen molar-refractivity contribution < 1.29 is 35.9 Å². The molecule has 2 heterocycles. The molecule has 1 amide bonds. The molecule has 1 saturated heterocycles. The molecule has 1 fully saturated rings. The number of hydrogen-bond donors (Lipinski definition) is 0. The van der Waals surface area contributed by atoms with E-state index in [0.29, 0.717) is 55.6 Å². The summed E-state index contributed by atoms with van der Waals surface area (Å²) in [7, 11) is 1.30. The number of morpholine rings is 1. The van der Waals surface area contributed by atoms with Gasteiger partial charge in [0.05, 0.1) is 35.6 Å². The van der Waals surface area contributed by atoms with Gasteiger partial charge in [0.25, 0.3) is 5.91 Å². The average Bonchev–Trinajstić information content (AvgIpc) is 2.95. The zero-order valence-corrected chi connectivity index (χ0v) is 21.8. The van der Waals surface area contributed by atoms with E-state index in [1.165, 1.54) is 13.2 Å². The van der Waals surface area contributed by atoms with Gasteiger partial charge in [-0.3, -0.25) is 4.79 Å². The minimum atomic E-state index is -5.00. The number of ether oxygens (including phenoxy) is 1. The van der Waals surface area contributed by atoms with E-state index in [0.717, 1.165) is 15.7 Å². The first-order valence-corrected chi connectivity index (χ1v) is 12.6. The fraction of sp³-hybridized carbons (Fsp3) is 0.276. The second-order valence-corrected chi connectivity index (χ2v) is 9.63. The lowest BCUT2D eigenvalue weighted by Crippen LogP contribution is -2.37. The van der Waals surface area contributed by atoms with Crippen molar-refractivity contribution in [2.75, 3.05) is 38.3 Å². The van der Waals surface area contributed by atoms with E-state index < -0.39 is 35.9 Å².